The van der Waals surface area contributed by atoms with Crippen LogP contribution in [0.25, 0.3) is 0 Å². The Morgan fingerprint density at radius 2 is 1.85 bits per heavy atom. The molecular formula is C16H21FO3. The average molecular weight is 280 g/mol. The maximum Gasteiger partial charge on any atom is 0.165 e. The third-order valence-corrected chi connectivity index (χ3v) is 3.50. The lowest BCUT2D eigenvalue weighted by atomic mass is 10.0. The van der Waals surface area contributed by atoms with Gasteiger partial charge < -0.3 is 9.47 Å². The molecule has 0 radical (unpaired) electrons. The minimum absolute atomic E-state index is 0.0156. The normalized spacial score (nSPS) is 26.4. The van der Waals surface area contributed by atoms with E-state index in [1.54, 1.807) is 0 Å². The molecule has 2 unspecified atom stereocenters. The lowest BCUT2D eigenvalue weighted by molar-refractivity contribution is -0.101. The molecule has 1 fully saturated rings. The number of Topliss-reactive ketones (excluding diaryl/α,β-unsaturated/α-hetero) is 1. The minimum Gasteiger partial charge on any atom is -0.378 e. The number of carbonyl (C=O) groups excluding carboxylic acids is 1. The van der Waals surface area contributed by atoms with E-state index in [2.05, 4.69) is 0 Å². The summed E-state index contributed by atoms with van der Waals surface area (Å²) in [7, 11) is 0. The number of ketones is 1. The van der Waals surface area contributed by atoms with Crippen LogP contribution >= 0.6 is 0 Å². The highest BCUT2D eigenvalue weighted by Crippen LogP contribution is 2.21. The molecule has 2 atom stereocenters. The Hall–Kier alpha value is -1.26. The predicted molar refractivity (Wildman–Crippen MR) is 74.3 cm³/mol. The van der Waals surface area contributed by atoms with Crippen molar-refractivity contribution in [2.45, 2.75) is 51.4 Å². The fraction of sp³-hybridized carbons (Fsp3) is 0.562. The minimum atomic E-state index is -0.331. The first-order chi connectivity index (χ1) is 9.54. The van der Waals surface area contributed by atoms with Crippen LogP contribution in [0.15, 0.2) is 24.3 Å². The van der Waals surface area contributed by atoms with E-state index in [9.17, 15) is 9.18 Å². The first-order valence-electron chi connectivity index (χ1n) is 7.10. The van der Waals surface area contributed by atoms with E-state index < -0.39 is 0 Å². The van der Waals surface area contributed by atoms with Gasteiger partial charge in [-0.3, -0.25) is 4.79 Å². The monoisotopic (exact) mass is 280 g/mol. The van der Waals surface area contributed by atoms with Crippen LogP contribution in [0.3, 0.4) is 0 Å². The molecule has 0 saturated carbocycles. The number of hydrogen-bond donors (Lipinski definition) is 0. The zero-order valence-corrected chi connectivity index (χ0v) is 12.0. The van der Waals surface area contributed by atoms with Gasteiger partial charge in [0.1, 0.15) is 5.82 Å². The zero-order chi connectivity index (χ0) is 14.5. The van der Waals surface area contributed by atoms with Crippen molar-refractivity contribution in [3.05, 3.63) is 35.6 Å². The van der Waals surface area contributed by atoms with Crippen LogP contribution in [0.5, 0.6) is 0 Å². The molecule has 0 amide bonds. The predicted octanol–water partition coefficient (Wildman–Crippen LogP) is 3.37. The van der Waals surface area contributed by atoms with Gasteiger partial charge in [0, 0.05) is 12.0 Å². The van der Waals surface area contributed by atoms with E-state index in [-0.39, 0.29) is 29.9 Å². The van der Waals surface area contributed by atoms with Gasteiger partial charge in [-0.1, -0.05) is 0 Å². The molecular weight excluding hydrogens is 259 g/mol. The Morgan fingerprint density at radius 3 is 2.45 bits per heavy atom. The molecule has 2 rings (SSSR count). The first-order valence-corrected chi connectivity index (χ1v) is 7.10. The molecule has 4 heteroatoms. The summed E-state index contributed by atoms with van der Waals surface area (Å²) in [5.74, 6) is -0.346. The molecule has 1 aromatic rings. The first kappa shape index (κ1) is 15.1. The Balaban J connectivity index is 1.75. The summed E-state index contributed by atoms with van der Waals surface area (Å²) < 4.78 is 24.2. The molecule has 0 aliphatic carbocycles. The summed E-state index contributed by atoms with van der Waals surface area (Å²) in [4.78, 5) is 11.9. The number of halogens is 1. The Kier molecular flexibility index (Phi) is 5.26. The Morgan fingerprint density at radius 1 is 1.25 bits per heavy atom. The quantitative estimate of drug-likeness (QED) is 0.776. The lowest BCUT2D eigenvalue weighted by Gasteiger charge is -2.31. The number of ether oxygens (including phenoxy) is 2. The van der Waals surface area contributed by atoms with Crippen molar-refractivity contribution in [3.63, 3.8) is 0 Å². The van der Waals surface area contributed by atoms with Crippen molar-refractivity contribution in [3.8, 4) is 0 Å². The SMILES string of the molecule is CC1CC(OCCC(=O)c2ccc(F)cc2)CC(C)O1. The smallest absolute Gasteiger partial charge is 0.165 e. The van der Waals surface area contributed by atoms with Gasteiger partial charge in [-0.2, -0.15) is 0 Å². The summed E-state index contributed by atoms with van der Waals surface area (Å²) in [6, 6.07) is 5.62. The van der Waals surface area contributed by atoms with E-state index in [4.69, 9.17) is 9.47 Å². The zero-order valence-electron chi connectivity index (χ0n) is 12.0. The molecule has 110 valence electrons. The van der Waals surface area contributed by atoms with E-state index >= 15 is 0 Å². The lowest BCUT2D eigenvalue weighted by Crippen LogP contribution is -2.34. The van der Waals surface area contributed by atoms with Gasteiger partial charge in [-0.25, -0.2) is 4.39 Å². The summed E-state index contributed by atoms with van der Waals surface area (Å²) in [5.41, 5.74) is 0.531. The number of hydrogen-bond acceptors (Lipinski definition) is 3. The Labute approximate surface area is 119 Å². The van der Waals surface area contributed by atoms with Crippen LogP contribution in [0.4, 0.5) is 4.39 Å². The van der Waals surface area contributed by atoms with Crippen LogP contribution in [0.1, 0.15) is 43.5 Å². The largest absolute Gasteiger partial charge is 0.378 e. The number of rotatable bonds is 5. The molecule has 1 aliphatic rings. The van der Waals surface area contributed by atoms with Crippen molar-refractivity contribution < 1.29 is 18.7 Å². The molecule has 0 spiro atoms. The Bertz CT molecular complexity index is 434. The molecule has 1 heterocycles. The maximum absolute atomic E-state index is 12.8. The van der Waals surface area contributed by atoms with E-state index in [1.165, 1.54) is 24.3 Å². The van der Waals surface area contributed by atoms with Gasteiger partial charge in [0.05, 0.1) is 24.9 Å². The standard InChI is InChI=1S/C16H21FO3/c1-11-9-15(10-12(2)20-11)19-8-7-16(18)13-3-5-14(17)6-4-13/h3-6,11-12,15H,7-10H2,1-2H3. The van der Waals surface area contributed by atoms with Gasteiger partial charge >= 0.3 is 0 Å². The van der Waals surface area contributed by atoms with Crippen molar-refractivity contribution in [2.75, 3.05) is 6.61 Å². The highest BCUT2D eigenvalue weighted by atomic mass is 19.1. The topological polar surface area (TPSA) is 35.5 Å². The molecule has 0 bridgehead atoms. The fourth-order valence-electron chi connectivity index (χ4n) is 2.58. The van der Waals surface area contributed by atoms with Crippen molar-refractivity contribution >= 4 is 5.78 Å². The molecule has 0 aromatic heterocycles. The van der Waals surface area contributed by atoms with E-state index in [1.807, 2.05) is 13.8 Å². The fourth-order valence-corrected chi connectivity index (χ4v) is 2.58. The third kappa shape index (κ3) is 4.39. The van der Waals surface area contributed by atoms with Crippen LogP contribution in [-0.4, -0.2) is 30.7 Å². The third-order valence-electron chi connectivity index (χ3n) is 3.50. The second-order valence-electron chi connectivity index (χ2n) is 5.40. The van der Waals surface area contributed by atoms with E-state index in [0.29, 0.717) is 18.6 Å². The van der Waals surface area contributed by atoms with Gasteiger partial charge in [0.15, 0.2) is 5.78 Å². The van der Waals surface area contributed by atoms with E-state index in [0.717, 1.165) is 12.8 Å². The molecule has 1 aromatic carbocycles. The van der Waals surface area contributed by atoms with Gasteiger partial charge in [0.2, 0.25) is 0 Å². The maximum atomic E-state index is 12.8. The van der Waals surface area contributed by atoms with Crippen LogP contribution in [-0.2, 0) is 9.47 Å². The van der Waals surface area contributed by atoms with Crippen LogP contribution in [0, 0.1) is 5.82 Å². The second-order valence-corrected chi connectivity index (χ2v) is 5.40. The highest BCUT2D eigenvalue weighted by Gasteiger charge is 2.24. The molecule has 1 saturated heterocycles. The molecule has 1 aliphatic heterocycles. The molecule has 0 N–H and O–H groups in total. The summed E-state index contributed by atoms with van der Waals surface area (Å²) in [6.45, 7) is 4.48. The molecule has 20 heavy (non-hydrogen) atoms. The number of benzene rings is 1. The van der Waals surface area contributed by atoms with Crippen LogP contribution in [0.2, 0.25) is 0 Å². The summed E-state index contributed by atoms with van der Waals surface area (Å²) >= 11 is 0. The van der Waals surface area contributed by atoms with Crippen molar-refractivity contribution in [2.24, 2.45) is 0 Å². The molecule has 3 nitrogen and oxygen atoms in total. The number of carbonyl (C=O) groups is 1. The van der Waals surface area contributed by atoms with Gasteiger partial charge in [-0.15, -0.1) is 0 Å². The summed E-state index contributed by atoms with van der Waals surface area (Å²) in [6.07, 6.45) is 2.64. The van der Waals surface area contributed by atoms with Crippen LogP contribution < -0.4 is 0 Å². The van der Waals surface area contributed by atoms with Crippen molar-refractivity contribution in [1.82, 2.24) is 0 Å². The second kappa shape index (κ2) is 6.95. The van der Waals surface area contributed by atoms with Crippen molar-refractivity contribution in [1.29, 1.82) is 0 Å². The summed E-state index contributed by atoms with van der Waals surface area (Å²) in [5, 5.41) is 0. The van der Waals surface area contributed by atoms with Gasteiger partial charge in [0.25, 0.3) is 0 Å². The average Bonchev–Trinajstić information content (AvgIpc) is 2.38. The highest BCUT2D eigenvalue weighted by molar-refractivity contribution is 5.96. The van der Waals surface area contributed by atoms with Gasteiger partial charge in [-0.05, 0) is 51.0 Å².